The SMILES string of the molecule is CCC(=O)N1CCc2cc(Br)c(S(=O)(=O)N3CCN(C(=O)c4ccco4)CC3)cc21. The fourth-order valence-corrected chi connectivity index (χ4v) is 6.35. The molecule has 0 N–H and O–H groups in total. The number of anilines is 1. The highest BCUT2D eigenvalue weighted by atomic mass is 79.9. The van der Waals surface area contributed by atoms with E-state index < -0.39 is 10.0 Å². The van der Waals surface area contributed by atoms with Gasteiger partial charge in [-0.1, -0.05) is 6.92 Å². The second-order valence-corrected chi connectivity index (χ2v) is 9.99. The molecule has 2 aliphatic heterocycles. The monoisotopic (exact) mass is 495 g/mol. The summed E-state index contributed by atoms with van der Waals surface area (Å²) in [6.07, 6.45) is 2.50. The van der Waals surface area contributed by atoms with E-state index in [9.17, 15) is 18.0 Å². The van der Waals surface area contributed by atoms with Crippen LogP contribution in [-0.2, 0) is 21.2 Å². The minimum Gasteiger partial charge on any atom is -0.459 e. The van der Waals surface area contributed by atoms with Crippen LogP contribution in [0.1, 0.15) is 29.5 Å². The molecule has 30 heavy (non-hydrogen) atoms. The zero-order chi connectivity index (χ0) is 21.5. The van der Waals surface area contributed by atoms with Crippen molar-refractivity contribution in [2.45, 2.75) is 24.7 Å². The van der Waals surface area contributed by atoms with Gasteiger partial charge in [-0.15, -0.1) is 0 Å². The summed E-state index contributed by atoms with van der Waals surface area (Å²) in [5.74, 6) is -0.0256. The molecule has 0 saturated carbocycles. The average molecular weight is 496 g/mol. The van der Waals surface area contributed by atoms with Crippen LogP contribution in [0.5, 0.6) is 0 Å². The molecule has 2 amide bonds. The molecule has 0 bridgehead atoms. The normalized spacial score (nSPS) is 17.3. The fraction of sp³-hybridized carbons (Fsp3) is 0.400. The minimum absolute atomic E-state index is 0.0236. The number of furan rings is 1. The number of benzene rings is 1. The molecule has 10 heteroatoms. The van der Waals surface area contributed by atoms with Crippen LogP contribution in [0.2, 0.25) is 0 Å². The summed E-state index contributed by atoms with van der Waals surface area (Å²) < 4.78 is 33.7. The number of hydrogen-bond donors (Lipinski definition) is 0. The minimum atomic E-state index is -3.79. The second-order valence-electron chi connectivity index (χ2n) is 7.23. The summed E-state index contributed by atoms with van der Waals surface area (Å²) in [7, 11) is -3.79. The zero-order valence-electron chi connectivity index (χ0n) is 16.5. The molecule has 0 aliphatic carbocycles. The lowest BCUT2D eigenvalue weighted by molar-refractivity contribution is -0.118. The molecule has 2 aromatic rings. The van der Waals surface area contributed by atoms with Gasteiger partial charge in [0.1, 0.15) is 0 Å². The molecule has 0 spiro atoms. The Morgan fingerprint density at radius 1 is 1.13 bits per heavy atom. The lowest BCUT2D eigenvalue weighted by atomic mass is 10.2. The van der Waals surface area contributed by atoms with Crippen LogP contribution in [0.25, 0.3) is 0 Å². The summed E-state index contributed by atoms with van der Waals surface area (Å²) >= 11 is 3.40. The standard InChI is InChI=1S/C20H22BrN3O5S/c1-2-19(25)24-6-5-14-12-15(21)18(13-16(14)24)30(27,28)23-9-7-22(8-10-23)20(26)17-4-3-11-29-17/h3-4,11-13H,2,5-10H2,1H3. The van der Waals surface area contributed by atoms with Gasteiger partial charge in [-0.05, 0) is 52.2 Å². The zero-order valence-corrected chi connectivity index (χ0v) is 18.9. The first-order chi connectivity index (χ1) is 14.3. The Kier molecular flexibility index (Phi) is 5.73. The number of halogens is 1. The van der Waals surface area contributed by atoms with Crippen molar-refractivity contribution in [3.63, 3.8) is 0 Å². The van der Waals surface area contributed by atoms with Crippen molar-refractivity contribution in [3.05, 3.63) is 46.3 Å². The predicted molar refractivity (Wildman–Crippen MR) is 114 cm³/mol. The summed E-state index contributed by atoms with van der Waals surface area (Å²) in [5, 5.41) is 0. The van der Waals surface area contributed by atoms with Crippen LogP contribution in [-0.4, -0.2) is 62.2 Å². The van der Waals surface area contributed by atoms with Gasteiger partial charge in [-0.25, -0.2) is 8.42 Å². The van der Waals surface area contributed by atoms with Crippen molar-refractivity contribution < 1.29 is 22.4 Å². The van der Waals surface area contributed by atoms with Crippen LogP contribution in [0.4, 0.5) is 5.69 Å². The highest BCUT2D eigenvalue weighted by Crippen LogP contribution is 2.37. The van der Waals surface area contributed by atoms with E-state index in [1.54, 1.807) is 41.0 Å². The Bertz CT molecular complexity index is 1080. The number of hydrogen-bond acceptors (Lipinski definition) is 5. The van der Waals surface area contributed by atoms with Gasteiger partial charge in [-0.2, -0.15) is 4.31 Å². The van der Waals surface area contributed by atoms with Crippen LogP contribution >= 0.6 is 15.9 Å². The molecule has 4 rings (SSSR count). The molecule has 8 nitrogen and oxygen atoms in total. The van der Waals surface area contributed by atoms with Crippen molar-refractivity contribution in [1.82, 2.24) is 9.21 Å². The van der Waals surface area contributed by atoms with E-state index in [-0.39, 0.29) is 48.6 Å². The molecule has 160 valence electrons. The molecular weight excluding hydrogens is 474 g/mol. The smallest absolute Gasteiger partial charge is 0.289 e. The third-order valence-electron chi connectivity index (χ3n) is 5.51. The molecule has 0 radical (unpaired) electrons. The maximum Gasteiger partial charge on any atom is 0.289 e. The third-order valence-corrected chi connectivity index (χ3v) is 8.36. The second kappa shape index (κ2) is 8.16. The van der Waals surface area contributed by atoms with Crippen LogP contribution in [0, 0.1) is 0 Å². The number of nitrogens with zero attached hydrogens (tertiary/aromatic N) is 3. The number of piperazine rings is 1. The highest BCUT2D eigenvalue weighted by molar-refractivity contribution is 9.10. The van der Waals surface area contributed by atoms with Gasteiger partial charge in [0.2, 0.25) is 15.9 Å². The largest absolute Gasteiger partial charge is 0.459 e. The Labute approximate surface area is 183 Å². The van der Waals surface area contributed by atoms with Crippen LogP contribution in [0.15, 0.2) is 44.3 Å². The molecule has 2 aliphatic rings. The first-order valence-corrected chi connectivity index (χ1v) is 12.0. The van der Waals surface area contributed by atoms with Crippen molar-refractivity contribution in [1.29, 1.82) is 0 Å². The first kappa shape index (κ1) is 21.1. The lowest BCUT2D eigenvalue weighted by Gasteiger charge is -2.33. The van der Waals surface area contributed by atoms with E-state index in [1.165, 1.54) is 10.6 Å². The molecule has 1 saturated heterocycles. The molecule has 3 heterocycles. The van der Waals surface area contributed by atoms with E-state index in [0.29, 0.717) is 29.5 Å². The van der Waals surface area contributed by atoms with Gasteiger partial charge in [0, 0.05) is 49.3 Å². The van der Waals surface area contributed by atoms with E-state index in [1.807, 2.05) is 0 Å². The number of fused-ring (bicyclic) bond motifs is 1. The highest BCUT2D eigenvalue weighted by Gasteiger charge is 2.34. The lowest BCUT2D eigenvalue weighted by Crippen LogP contribution is -2.50. The molecule has 1 fully saturated rings. The van der Waals surface area contributed by atoms with Gasteiger partial charge < -0.3 is 14.2 Å². The van der Waals surface area contributed by atoms with E-state index in [2.05, 4.69) is 15.9 Å². The number of rotatable bonds is 4. The molecule has 1 aromatic heterocycles. The van der Waals surface area contributed by atoms with Gasteiger partial charge in [-0.3, -0.25) is 9.59 Å². The topological polar surface area (TPSA) is 91.1 Å². The number of amides is 2. The van der Waals surface area contributed by atoms with E-state index >= 15 is 0 Å². The summed E-state index contributed by atoms with van der Waals surface area (Å²) in [4.78, 5) is 28.0. The number of carbonyl (C=O) groups excluding carboxylic acids is 2. The maximum absolute atomic E-state index is 13.3. The van der Waals surface area contributed by atoms with Crippen LogP contribution < -0.4 is 4.90 Å². The van der Waals surface area contributed by atoms with E-state index in [0.717, 1.165) is 5.56 Å². The maximum atomic E-state index is 13.3. The van der Waals surface area contributed by atoms with Gasteiger partial charge >= 0.3 is 0 Å². The predicted octanol–water partition coefficient (Wildman–Crippen LogP) is 2.49. The van der Waals surface area contributed by atoms with Crippen molar-refractivity contribution in [2.24, 2.45) is 0 Å². The summed E-state index contributed by atoms with van der Waals surface area (Å²) in [5.41, 5.74) is 1.62. The summed E-state index contributed by atoms with van der Waals surface area (Å²) in [6, 6.07) is 6.62. The molecule has 0 atom stereocenters. The first-order valence-electron chi connectivity index (χ1n) is 9.78. The quantitative estimate of drug-likeness (QED) is 0.649. The van der Waals surface area contributed by atoms with E-state index in [4.69, 9.17) is 4.42 Å². The van der Waals surface area contributed by atoms with Crippen molar-refractivity contribution in [3.8, 4) is 0 Å². The Hall–Kier alpha value is -2.17. The molecule has 0 unspecified atom stereocenters. The van der Waals surface area contributed by atoms with Crippen LogP contribution in [0.3, 0.4) is 0 Å². The molecule has 1 aromatic carbocycles. The summed E-state index contributed by atoms with van der Waals surface area (Å²) in [6.45, 7) is 3.29. The Balaban J connectivity index is 1.55. The average Bonchev–Trinajstić information content (AvgIpc) is 3.42. The number of carbonyl (C=O) groups is 2. The fourth-order valence-electron chi connectivity index (χ4n) is 3.86. The molecular formula is C20H22BrN3O5S. The Morgan fingerprint density at radius 3 is 2.50 bits per heavy atom. The number of sulfonamides is 1. The third kappa shape index (κ3) is 3.67. The van der Waals surface area contributed by atoms with Gasteiger partial charge in [0.15, 0.2) is 5.76 Å². The van der Waals surface area contributed by atoms with Gasteiger partial charge in [0.05, 0.1) is 11.2 Å². The van der Waals surface area contributed by atoms with Crippen molar-refractivity contribution in [2.75, 3.05) is 37.6 Å². The van der Waals surface area contributed by atoms with Crippen molar-refractivity contribution >= 4 is 43.5 Å². The van der Waals surface area contributed by atoms with Gasteiger partial charge in [0.25, 0.3) is 5.91 Å². The Morgan fingerprint density at radius 2 is 1.87 bits per heavy atom.